The molecule has 0 saturated heterocycles. The Morgan fingerprint density at radius 1 is 1.41 bits per heavy atom. The Morgan fingerprint density at radius 3 is 2.53 bits per heavy atom. The molecule has 0 aromatic heterocycles. The van der Waals surface area contributed by atoms with Crippen LogP contribution in [0.4, 0.5) is 0 Å². The van der Waals surface area contributed by atoms with Gasteiger partial charge in [-0.15, -0.1) is 0 Å². The summed E-state index contributed by atoms with van der Waals surface area (Å²) in [5.41, 5.74) is 0.377. The van der Waals surface area contributed by atoms with Gasteiger partial charge >= 0.3 is 0 Å². The summed E-state index contributed by atoms with van der Waals surface area (Å²) in [5.74, 6) is -0.108. The Hall–Kier alpha value is -1.55. The predicted octanol–water partition coefficient (Wildman–Crippen LogP) is 1.54. The van der Waals surface area contributed by atoms with Crippen molar-refractivity contribution in [3.8, 4) is 5.75 Å². The van der Waals surface area contributed by atoms with E-state index in [0.717, 1.165) is 0 Å². The van der Waals surface area contributed by atoms with Crippen molar-refractivity contribution in [3.63, 3.8) is 0 Å². The molecule has 0 fully saturated rings. The zero-order chi connectivity index (χ0) is 13.2. The van der Waals surface area contributed by atoms with Crippen molar-refractivity contribution in [2.75, 3.05) is 13.7 Å². The Morgan fingerprint density at radius 2 is 2.00 bits per heavy atom. The second-order valence-electron chi connectivity index (χ2n) is 4.78. The largest absolute Gasteiger partial charge is 0.508 e. The lowest BCUT2D eigenvalue weighted by molar-refractivity contribution is 0.0472. The van der Waals surface area contributed by atoms with Crippen LogP contribution in [0, 0.1) is 6.92 Å². The summed E-state index contributed by atoms with van der Waals surface area (Å²) < 4.78 is 0. The Bertz CT molecular complexity index is 427. The van der Waals surface area contributed by atoms with Crippen LogP contribution in [-0.2, 0) is 0 Å². The van der Waals surface area contributed by atoms with Gasteiger partial charge in [0.25, 0.3) is 5.91 Å². The molecule has 0 aliphatic heterocycles. The summed E-state index contributed by atoms with van der Waals surface area (Å²) >= 11 is 0. The molecule has 0 bridgehead atoms. The quantitative estimate of drug-likeness (QED) is 0.838. The van der Waals surface area contributed by atoms with Gasteiger partial charge < -0.3 is 15.1 Å². The molecule has 0 aliphatic carbocycles. The van der Waals surface area contributed by atoms with Crippen molar-refractivity contribution in [1.29, 1.82) is 0 Å². The normalized spacial score (nSPS) is 11.4. The first-order chi connectivity index (χ1) is 7.81. The molecular weight excluding hydrogens is 218 g/mol. The zero-order valence-electron chi connectivity index (χ0n) is 10.7. The monoisotopic (exact) mass is 237 g/mol. The summed E-state index contributed by atoms with van der Waals surface area (Å²) in [7, 11) is 1.64. The zero-order valence-corrected chi connectivity index (χ0v) is 10.7. The number of aliphatic hydroxyl groups excluding tert-OH is 1. The van der Waals surface area contributed by atoms with Gasteiger partial charge in [0.1, 0.15) is 5.75 Å². The summed E-state index contributed by atoms with van der Waals surface area (Å²) in [6.45, 7) is 5.14. The van der Waals surface area contributed by atoms with Crippen molar-refractivity contribution < 1.29 is 15.0 Å². The molecule has 0 heterocycles. The molecule has 4 heteroatoms. The van der Waals surface area contributed by atoms with E-state index in [4.69, 9.17) is 0 Å². The number of aliphatic hydroxyl groups is 1. The lowest BCUT2D eigenvalue weighted by Crippen LogP contribution is -2.47. The molecule has 1 aromatic rings. The highest BCUT2D eigenvalue weighted by Gasteiger charge is 2.28. The third-order valence-electron chi connectivity index (χ3n) is 3.14. The summed E-state index contributed by atoms with van der Waals surface area (Å²) in [5, 5.41) is 18.8. The highest BCUT2D eigenvalue weighted by atomic mass is 16.3. The van der Waals surface area contributed by atoms with Gasteiger partial charge in [-0.3, -0.25) is 4.79 Å². The Balaban J connectivity index is 3.09. The van der Waals surface area contributed by atoms with E-state index >= 15 is 0 Å². The van der Waals surface area contributed by atoms with Crippen LogP contribution >= 0.6 is 0 Å². The van der Waals surface area contributed by atoms with Crippen LogP contribution in [0.15, 0.2) is 18.2 Å². The van der Waals surface area contributed by atoms with E-state index in [1.54, 1.807) is 46.0 Å². The average molecular weight is 237 g/mol. The van der Waals surface area contributed by atoms with E-state index < -0.39 is 5.54 Å². The molecule has 4 nitrogen and oxygen atoms in total. The van der Waals surface area contributed by atoms with Crippen molar-refractivity contribution in [3.05, 3.63) is 29.3 Å². The third-order valence-corrected chi connectivity index (χ3v) is 3.14. The van der Waals surface area contributed by atoms with Crippen molar-refractivity contribution >= 4 is 5.91 Å². The van der Waals surface area contributed by atoms with Gasteiger partial charge in [-0.2, -0.15) is 0 Å². The molecular formula is C13H19NO3. The van der Waals surface area contributed by atoms with Crippen molar-refractivity contribution in [2.24, 2.45) is 0 Å². The number of carbonyl (C=O) groups excluding carboxylic acids is 1. The molecule has 1 amide bonds. The highest BCUT2D eigenvalue weighted by molar-refractivity contribution is 5.96. The van der Waals surface area contributed by atoms with Crippen LogP contribution in [0.2, 0.25) is 0 Å². The Labute approximate surface area is 101 Å². The summed E-state index contributed by atoms with van der Waals surface area (Å²) in [4.78, 5) is 13.7. The maximum Gasteiger partial charge on any atom is 0.254 e. The first-order valence-electron chi connectivity index (χ1n) is 5.49. The topological polar surface area (TPSA) is 60.8 Å². The van der Waals surface area contributed by atoms with E-state index in [2.05, 4.69) is 0 Å². The van der Waals surface area contributed by atoms with Crippen LogP contribution in [0.1, 0.15) is 29.8 Å². The Kier molecular flexibility index (Phi) is 3.78. The number of nitrogens with zero attached hydrogens (tertiary/aromatic N) is 1. The van der Waals surface area contributed by atoms with Crippen molar-refractivity contribution in [2.45, 2.75) is 26.3 Å². The molecule has 17 heavy (non-hydrogen) atoms. The molecule has 0 aliphatic rings. The summed E-state index contributed by atoms with van der Waals surface area (Å²) in [6, 6.07) is 4.85. The number of rotatable bonds is 3. The molecule has 0 atom stereocenters. The molecule has 0 spiro atoms. The molecule has 1 rings (SSSR count). The van der Waals surface area contributed by atoms with E-state index in [-0.39, 0.29) is 18.3 Å². The number of phenolic OH excluding ortho intramolecular Hbond substituents is 1. The standard InChI is InChI=1S/C13H19NO3/c1-9-10(6-5-7-11(9)16)12(17)14(4)13(2,3)8-15/h5-7,15-16H,8H2,1-4H3. The fourth-order valence-electron chi connectivity index (χ4n) is 1.42. The van der Waals surface area contributed by atoms with Crippen LogP contribution in [0.25, 0.3) is 0 Å². The minimum absolute atomic E-state index is 0.103. The van der Waals surface area contributed by atoms with Gasteiger partial charge in [0.2, 0.25) is 0 Å². The summed E-state index contributed by atoms with van der Waals surface area (Å²) in [6.07, 6.45) is 0. The number of amides is 1. The average Bonchev–Trinajstić information content (AvgIpc) is 2.30. The van der Waals surface area contributed by atoms with Crippen LogP contribution in [0.3, 0.4) is 0 Å². The van der Waals surface area contributed by atoms with Gasteiger partial charge in [-0.25, -0.2) is 0 Å². The second-order valence-corrected chi connectivity index (χ2v) is 4.78. The first kappa shape index (κ1) is 13.5. The maximum absolute atomic E-state index is 12.2. The number of hydrogen-bond acceptors (Lipinski definition) is 3. The molecule has 94 valence electrons. The lowest BCUT2D eigenvalue weighted by Gasteiger charge is -2.34. The maximum atomic E-state index is 12.2. The number of likely N-dealkylation sites (N-methyl/N-ethyl adjacent to an activating group) is 1. The smallest absolute Gasteiger partial charge is 0.254 e. The first-order valence-corrected chi connectivity index (χ1v) is 5.49. The number of aromatic hydroxyl groups is 1. The number of benzene rings is 1. The fourth-order valence-corrected chi connectivity index (χ4v) is 1.42. The minimum Gasteiger partial charge on any atom is -0.508 e. The number of phenols is 1. The molecule has 1 aromatic carbocycles. The second kappa shape index (κ2) is 4.75. The van der Waals surface area contributed by atoms with Crippen LogP contribution < -0.4 is 0 Å². The minimum atomic E-state index is -0.630. The van der Waals surface area contributed by atoms with E-state index in [0.29, 0.717) is 11.1 Å². The number of carbonyl (C=O) groups is 1. The molecule has 0 unspecified atom stereocenters. The van der Waals surface area contributed by atoms with E-state index in [1.807, 2.05) is 0 Å². The molecule has 0 saturated carbocycles. The van der Waals surface area contributed by atoms with Gasteiger partial charge in [0.15, 0.2) is 0 Å². The van der Waals surface area contributed by atoms with Gasteiger partial charge in [-0.1, -0.05) is 6.07 Å². The molecule has 2 N–H and O–H groups in total. The van der Waals surface area contributed by atoms with Crippen molar-refractivity contribution in [1.82, 2.24) is 4.90 Å². The third kappa shape index (κ3) is 2.58. The van der Waals surface area contributed by atoms with E-state index in [1.165, 1.54) is 4.90 Å². The SMILES string of the molecule is Cc1c(O)cccc1C(=O)N(C)C(C)(C)CO. The lowest BCUT2D eigenvalue weighted by atomic mass is 10.0. The van der Waals surface area contributed by atoms with Gasteiger partial charge in [0.05, 0.1) is 12.1 Å². The predicted molar refractivity (Wildman–Crippen MR) is 66.1 cm³/mol. The number of hydrogen-bond donors (Lipinski definition) is 2. The van der Waals surface area contributed by atoms with Gasteiger partial charge in [0, 0.05) is 18.2 Å². The van der Waals surface area contributed by atoms with Gasteiger partial charge in [-0.05, 0) is 32.9 Å². The molecule has 0 radical (unpaired) electrons. The van der Waals surface area contributed by atoms with E-state index in [9.17, 15) is 15.0 Å². The fraction of sp³-hybridized carbons (Fsp3) is 0.462. The van der Waals surface area contributed by atoms with Crippen LogP contribution in [-0.4, -0.2) is 40.2 Å². The highest BCUT2D eigenvalue weighted by Crippen LogP contribution is 2.23. The van der Waals surface area contributed by atoms with Crippen LogP contribution in [0.5, 0.6) is 5.75 Å².